The molecule has 1 saturated carbocycles. The summed E-state index contributed by atoms with van der Waals surface area (Å²) in [5, 5.41) is 0. The van der Waals surface area contributed by atoms with E-state index in [1.807, 2.05) is 0 Å². The Morgan fingerprint density at radius 1 is 0.810 bits per heavy atom. The third kappa shape index (κ3) is 4.95. The zero-order valence-corrected chi connectivity index (χ0v) is 31.1. The Balaban J connectivity index is 0.00000202. The normalized spacial score (nSPS) is 19.2. The second-order valence-electron chi connectivity index (χ2n) is 14.5. The molecule has 3 aromatic carbocycles. The first kappa shape index (κ1) is 33.4. The van der Waals surface area contributed by atoms with Crippen LogP contribution >= 0.6 is 24.8 Å². The molecule has 6 rings (SSSR count). The molecule has 3 heteroatoms. The van der Waals surface area contributed by atoms with E-state index in [1.54, 1.807) is 17.7 Å². The standard InChI is InChI=1S/C17H17.C13H19.C7H7.CH3.CH2.2ClH.Zr/c1-10-5-14-9-15-6-11(2)13(4)8-17(15)16(14)7-12(10)3;1-11-6-7-12(10-11)13(2)8-4-3-5-9-13;1-7-5-3-2-4-6-7;;;;;/h5,7-8H,9H2,1-4H3;7,10-11H,3-5,8-9H2,1-2H3;3-6H,1H3;1H3;1H2;2*1H;. The van der Waals surface area contributed by atoms with Gasteiger partial charge < -0.3 is 0 Å². The monoisotopic (exact) mass is 678 g/mol. The third-order valence-electron chi connectivity index (χ3n) is 11.5. The predicted molar refractivity (Wildman–Crippen MR) is 188 cm³/mol. The summed E-state index contributed by atoms with van der Waals surface area (Å²) in [4.78, 5) is 0. The van der Waals surface area contributed by atoms with Crippen LogP contribution in [-0.4, -0.2) is 4.21 Å². The molecule has 0 heterocycles. The van der Waals surface area contributed by atoms with E-state index in [2.05, 4.69) is 108 Å². The van der Waals surface area contributed by atoms with E-state index in [0.29, 0.717) is 11.3 Å². The summed E-state index contributed by atoms with van der Waals surface area (Å²) in [7, 11) is 0. The third-order valence-corrected chi connectivity index (χ3v) is 26.5. The van der Waals surface area contributed by atoms with E-state index in [4.69, 9.17) is 4.21 Å². The quantitative estimate of drug-likeness (QED) is 0.201. The molecule has 3 aliphatic carbocycles. The second-order valence-corrected chi connectivity index (χ2v) is 28.4. The Morgan fingerprint density at radius 3 is 2.05 bits per heavy atom. The van der Waals surface area contributed by atoms with Crippen LogP contribution in [0.25, 0.3) is 11.1 Å². The number of rotatable bonds is 4. The van der Waals surface area contributed by atoms with E-state index in [9.17, 15) is 0 Å². The number of aryl methyl sites for hydroxylation is 4. The Kier molecular flexibility index (Phi) is 9.09. The van der Waals surface area contributed by atoms with E-state index >= 15 is 0 Å². The van der Waals surface area contributed by atoms with E-state index in [0.717, 1.165) is 6.42 Å². The number of benzene rings is 3. The maximum atomic E-state index is 5.59. The fraction of sp³-hybridized carbons (Fsp3) is 0.410. The van der Waals surface area contributed by atoms with Gasteiger partial charge in [-0.25, -0.2) is 0 Å². The average Bonchev–Trinajstić information content (AvgIpc) is 3.47. The Morgan fingerprint density at radius 2 is 1.40 bits per heavy atom. The molecule has 1 fully saturated rings. The first-order valence-corrected chi connectivity index (χ1v) is 23.5. The van der Waals surface area contributed by atoms with Crippen LogP contribution in [0, 0.1) is 46.0 Å². The van der Waals surface area contributed by atoms with Crippen LogP contribution in [0.4, 0.5) is 0 Å². The molecule has 0 nitrogen and oxygen atoms in total. The van der Waals surface area contributed by atoms with Gasteiger partial charge in [-0.3, -0.25) is 0 Å². The summed E-state index contributed by atoms with van der Waals surface area (Å²) >= 11 is -4.33. The van der Waals surface area contributed by atoms with Crippen LogP contribution in [0.15, 0.2) is 63.5 Å². The molecule has 0 radical (unpaired) electrons. The molecule has 3 aliphatic rings. The summed E-state index contributed by atoms with van der Waals surface area (Å²) < 4.78 is 13.1. The first-order valence-electron chi connectivity index (χ1n) is 15.6. The van der Waals surface area contributed by atoms with Crippen molar-refractivity contribution in [2.45, 2.75) is 91.6 Å². The van der Waals surface area contributed by atoms with Crippen molar-refractivity contribution in [3.05, 3.63) is 102 Å². The van der Waals surface area contributed by atoms with Crippen molar-refractivity contribution in [2.75, 3.05) is 0 Å². The van der Waals surface area contributed by atoms with Gasteiger partial charge in [0.25, 0.3) is 0 Å². The second kappa shape index (κ2) is 11.4. The molecule has 0 spiro atoms. The van der Waals surface area contributed by atoms with Crippen molar-refractivity contribution in [3.63, 3.8) is 0 Å². The van der Waals surface area contributed by atoms with Crippen molar-refractivity contribution >= 4 is 35.6 Å². The SMILES string of the molecule is Cl.Cl.[CH2]=[Zr]([CH3])([C]1=CC(C2(C)CCCCC2)=CC1C)([c]1ccc(C)cc1)[c]1c(C)c(C)cc2c1Cc1cc(C)c(C)cc1-2. The van der Waals surface area contributed by atoms with E-state index in [-0.39, 0.29) is 24.8 Å². The van der Waals surface area contributed by atoms with E-state index in [1.165, 1.54) is 79.9 Å². The average molecular weight is 681 g/mol. The molecule has 0 N–H and O–H groups in total. The molecule has 224 valence electrons. The van der Waals surface area contributed by atoms with Gasteiger partial charge in [0.1, 0.15) is 0 Å². The molecule has 0 bridgehead atoms. The van der Waals surface area contributed by atoms with Crippen molar-refractivity contribution in [1.82, 2.24) is 0 Å². The van der Waals surface area contributed by atoms with Crippen LogP contribution in [0.2, 0.25) is 4.63 Å². The first-order chi connectivity index (χ1) is 18.8. The van der Waals surface area contributed by atoms with Gasteiger partial charge in [0.2, 0.25) is 0 Å². The van der Waals surface area contributed by atoms with Gasteiger partial charge in [-0.2, -0.15) is 0 Å². The van der Waals surface area contributed by atoms with Gasteiger partial charge in [-0.05, 0) is 0 Å². The van der Waals surface area contributed by atoms with Crippen molar-refractivity contribution < 1.29 is 18.3 Å². The fourth-order valence-electron chi connectivity index (χ4n) is 8.75. The van der Waals surface area contributed by atoms with Gasteiger partial charge in [-0.15, -0.1) is 24.8 Å². The van der Waals surface area contributed by atoms with Crippen LogP contribution < -0.4 is 6.54 Å². The molecule has 1 atom stereocenters. The number of hydrogen-bond donors (Lipinski definition) is 0. The Bertz CT molecular complexity index is 1680. The Labute approximate surface area is 268 Å². The molecule has 3 aromatic rings. The summed E-state index contributed by atoms with van der Waals surface area (Å²) in [6.45, 7) is 16.5. The zero-order chi connectivity index (χ0) is 28.6. The summed E-state index contributed by atoms with van der Waals surface area (Å²) in [5.74, 6) is 0.423. The molecular formula is C39H50Cl2Zr. The van der Waals surface area contributed by atoms with Gasteiger partial charge in [0.15, 0.2) is 0 Å². The Hall–Kier alpha value is -1.53. The summed E-state index contributed by atoms with van der Waals surface area (Å²) in [5.41, 5.74) is 14.9. The molecular weight excluding hydrogens is 631 g/mol. The molecule has 0 aromatic heterocycles. The summed E-state index contributed by atoms with van der Waals surface area (Å²) in [6.07, 6.45) is 13.1. The van der Waals surface area contributed by atoms with Crippen molar-refractivity contribution in [1.29, 1.82) is 0 Å². The molecule has 0 saturated heterocycles. The molecule has 1 unspecified atom stereocenters. The van der Waals surface area contributed by atoms with Crippen molar-refractivity contribution in [2.24, 2.45) is 11.3 Å². The minimum atomic E-state index is -4.33. The van der Waals surface area contributed by atoms with Crippen LogP contribution in [0.3, 0.4) is 0 Å². The molecule has 42 heavy (non-hydrogen) atoms. The number of halogens is 2. The topological polar surface area (TPSA) is 0 Å². The summed E-state index contributed by atoms with van der Waals surface area (Å²) in [6, 6.07) is 17.0. The van der Waals surface area contributed by atoms with Gasteiger partial charge in [0, 0.05) is 0 Å². The van der Waals surface area contributed by atoms with Crippen LogP contribution in [0.1, 0.15) is 84.9 Å². The van der Waals surface area contributed by atoms with Gasteiger partial charge >= 0.3 is 246 Å². The molecule has 0 aliphatic heterocycles. The minimum absolute atomic E-state index is 0. The zero-order valence-electron chi connectivity index (χ0n) is 27.0. The number of allylic oxidation sites excluding steroid dienone is 4. The van der Waals surface area contributed by atoms with Crippen LogP contribution in [0.5, 0.6) is 0 Å². The predicted octanol–water partition coefficient (Wildman–Crippen LogP) is 10.2. The fourth-order valence-corrected chi connectivity index (χ4v) is 23.7. The van der Waals surface area contributed by atoms with Gasteiger partial charge in [0.05, 0.1) is 0 Å². The number of fused-ring (bicyclic) bond motifs is 3. The van der Waals surface area contributed by atoms with Crippen molar-refractivity contribution in [3.8, 4) is 11.1 Å². The number of hydrogen-bond acceptors (Lipinski definition) is 0. The molecule has 0 amide bonds. The van der Waals surface area contributed by atoms with Crippen LogP contribution in [-0.2, 0) is 24.7 Å². The maximum absolute atomic E-state index is 5.59. The van der Waals surface area contributed by atoms with Gasteiger partial charge in [-0.1, -0.05) is 0 Å². The van der Waals surface area contributed by atoms with E-state index < -0.39 is 18.3 Å².